The van der Waals surface area contributed by atoms with Gasteiger partial charge >= 0.3 is 0 Å². The number of nitrogens with one attached hydrogen (secondary N) is 1. The van der Waals surface area contributed by atoms with Gasteiger partial charge in [-0.15, -0.1) is 11.3 Å². The molecule has 0 bridgehead atoms. The maximum absolute atomic E-state index is 4.17. The first-order valence-electron chi connectivity index (χ1n) is 6.45. The average Bonchev–Trinajstić information content (AvgIpc) is 2.81. The molecule has 2 aliphatic rings. The van der Waals surface area contributed by atoms with Crippen LogP contribution < -0.4 is 5.32 Å². The molecule has 0 saturated heterocycles. The summed E-state index contributed by atoms with van der Waals surface area (Å²) in [6.45, 7) is 0. The lowest BCUT2D eigenvalue weighted by Crippen LogP contribution is -2.30. The van der Waals surface area contributed by atoms with Gasteiger partial charge in [-0.2, -0.15) is 0 Å². The van der Waals surface area contributed by atoms with Crippen LogP contribution in [0.15, 0.2) is 11.7 Å². The Morgan fingerprint density at radius 2 is 2.19 bits per heavy atom. The van der Waals surface area contributed by atoms with Crippen molar-refractivity contribution in [1.29, 1.82) is 0 Å². The molecule has 2 aliphatic carbocycles. The highest BCUT2D eigenvalue weighted by molar-refractivity contribution is 7.09. The quantitative estimate of drug-likeness (QED) is 0.869. The molecule has 3 rings (SSSR count). The molecule has 3 atom stereocenters. The SMILES string of the molecule is CNC(Cc1cncs1)C1C2CCCCC21. The predicted molar refractivity (Wildman–Crippen MR) is 67.6 cm³/mol. The Morgan fingerprint density at radius 1 is 1.44 bits per heavy atom. The van der Waals surface area contributed by atoms with E-state index in [1.165, 1.54) is 37.0 Å². The third kappa shape index (κ3) is 1.91. The summed E-state index contributed by atoms with van der Waals surface area (Å²) < 4.78 is 0. The minimum atomic E-state index is 0.688. The van der Waals surface area contributed by atoms with Crippen LogP contribution in [0, 0.1) is 17.8 Å². The van der Waals surface area contributed by atoms with E-state index < -0.39 is 0 Å². The van der Waals surface area contributed by atoms with E-state index in [1.807, 2.05) is 11.7 Å². The van der Waals surface area contributed by atoms with Crippen molar-refractivity contribution in [2.75, 3.05) is 7.05 Å². The Balaban J connectivity index is 1.63. The van der Waals surface area contributed by atoms with Crippen LogP contribution >= 0.6 is 11.3 Å². The van der Waals surface area contributed by atoms with Gasteiger partial charge in [-0.05, 0) is 44.1 Å². The van der Waals surface area contributed by atoms with E-state index in [2.05, 4.69) is 17.3 Å². The topological polar surface area (TPSA) is 24.9 Å². The Labute approximate surface area is 101 Å². The fraction of sp³-hybridized carbons (Fsp3) is 0.769. The van der Waals surface area contributed by atoms with Crippen molar-refractivity contribution in [3.05, 3.63) is 16.6 Å². The number of hydrogen-bond acceptors (Lipinski definition) is 3. The van der Waals surface area contributed by atoms with E-state index in [-0.39, 0.29) is 0 Å². The van der Waals surface area contributed by atoms with E-state index in [1.54, 1.807) is 11.3 Å². The highest BCUT2D eigenvalue weighted by Crippen LogP contribution is 2.57. The molecule has 0 aromatic carbocycles. The predicted octanol–water partition coefficient (Wildman–Crippen LogP) is 2.71. The van der Waals surface area contributed by atoms with Gasteiger partial charge < -0.3 is 5.32 Å². The third-order valence-corrected chi connectivity index (χ3v) is 5.26. The minimum absolute atomic E-state index is 0.688. The number of fused-ring (bicyclic) bond motifs is 1. The summed E-state index contributed by atoms with van der Waals surface area (Å²) in [5, 5.41) is 3.54. The number of nitrogens with zero attached hydrogens (tertiary/aromatic N) is 1. The van der Waals surface area contributed by atoms with Crippen LogP contribution in [0.5, 0.6) is 0 Å². The Bertz CT molecular complexity index is 324. The van der Waals surface area contributed by atoms with Crippen LogP contribution in [-0.2, 0) is 6.42 Å². The van der Waals surface area contributed by atoms with Crippen molar-refractivity contribution in [2.24, 2.45) is 17.8 Å². The fourth-order valence-electron chi connectivity index (χ4n) is 3.63. The van der Waals surface area contributed by atoms with Crippen LogP contribution in [0.4, 0.5) is 0 Å². The van der Waals surface area contributed by atoms with Gasteiger partial charge in [-0.25, -0.2) is 0 Å². The number of aromatic nitrogens is 1. The van der Waals surface area contributed by atoms with E-state index in [9.17, 15) is 0 Å². The first kappa shape index (κ1) is 10.7. The highest BCUT2D eigenvalue weighted by Gasteiger charge is 2.53. The summed E-state index contributed by atoms with van der Waals surface area (Å²) >= 11 is 1.79. The molecular formula is C13H20N2S. The van der Waals surface area contributed by atoms with E-state index >= 15 is 0 Å². The summed E-state index contributed by atoms with van der Waals surface area (Å²) in [4.78, 5) is 5.60. The number of likely N-dealkylation sites (N-methyl/N-ethyl adjacent to an activating group) is 1. The molecule has 2 fully saturated rings. The normalized spacial score (nSPS) is 34.4. The third-order valence-electron chi connectivity index (χ3n) is 4.46. The van der Waals surface area contributed by atoms with Gasteiger partial charge in [-0.1, -0.05) is 12.8 Å². The van der Waals surface area contributed by atoms with Gasteiger partial charge in [0.15, 0.2) is 0 Å². The van der Waals surface area contributed by atoms with Gasteiger partial charge in [0.05, 0.1) is 5.51 Å². The summed E-state index contributed by atoms with van der Waals surface area (Å²) in [6.07, 6.45) is 9.11. The minimum Gasteiger partial charge on any atom is -0.316 e. The standard InChI is InChI=1S/C13H20N2S/c1-14-12(6-9-7-15-8-16-9)13-10-4-2-3-5-11(10)13/h7-8,10-14H,2-6H2,1H3. The maximum Gasteiger partial charge on any atom is 0.0794 e. The maximum atomic E-state index is 4.17. The molecule has 0 spiro atoms. The van der Waals surface area contributed by atoms with Crippen LogP contribution in [0.3, 0.4) is 0 Å². The largest absolute Gasteiger partial charge is 0.316 e. The molecule has 1 heterocycles. The van der Waals surface area contributed by atoms with Crippen molar-refractivity contribution in [3.8, 4) is 0 Å². The highest BCUT2D eigenvalue weighted by atomic mass is 32.1. The monoisotopic (exact) mass is 236 g/mol. The van der Waals surface area contributed by atoms with E-state index in [4.69, 9.17) is 0 Å². The summed E-state index contributed by atoms with van der Waals surface area (Å²) in [5.74, 6) is 3.04. The molecule has 0 aliphatic heterocycles. The van der Waals surface area contributed by atoms with Gasteiger partial charge in [0.1, 0.15) is 0 Å². The van der Waals surface area contributed by atoms with Crippen LogP contribution in [0.25, 0.3) is 0 Å². The molecule has 2 nitrogen and oxygen atoms in total. The molecule has 88 valence electrons. The van der Waals surface area contributed by atoms with Crippen LogP contribution in [-0.4, -0.2) is 18.1 Å². The van der Waals surface area contributed by atoms with Crippen LogP contribution in [0.2, 0.25) is 0 Å². The first-order valence-corrected chi connectivity index (χ1v) is 7.32. The van der Waals surface area contributed by atoms with Gasteiger partial charge in [0.2, 0.25) is 0 Å². The zero-order chi connectivity index (χ0) is 11.0. The second kappa shape index (κ2) is 4.46. The summed E-state index contributed by atoms with van der Waals surface area (Å²) in [7, 11) is 2.12. The van der Waals surface area contributed by atoms with Crippen molar-refractivity contribution in [3.63, 3.8) is 0 Å². The summed E-state index contributed by atoms with van der Waals surface area (Å²) in [6, 6.07) is 0.688. The molecular weight excluding hydrogens is 216 g/mol. The molecule has 1 N–H and O–H groups in total. The Morgan fingerprint density at radius 3 is 2.75 bits per heavy atom. The smallest absolute Gasteiger partial charge is 0.0794 e. The lowest BCUT2D eigenvalue weighted by atomic mass is 10.0. The molecule has 3 heteroatoms. The molecule has 0 radical (unpaired) electrons. The molecule has 16 heavy (non-hydrogen) atoms. The van der Waals surface area contributed by atoms with E-state index in [0.29, 0.717) is 6.04 Å². The lowest BCUT2D eigenvalue weighted by Gasteiger charge is -2.15. The number of thiazole rings is 1. The van der Waals surface area contributed by atoms with Crippen molar-refractivity contribution < 1.29 is 0 Å². The van der Waals surface area contributed by atoms with Crippen molar-refractivity contribution >= 4 is 11.3 Å². The molecule has 2 saturated carbocycles. The fourth-order valence-corrected chi connectivity index (χ4v) is 4.29. The first-order chi connectivity index (χ1) is 7.90. The number of hydrogen-bond donors (Lipinski definition) is 1. The zero-order valence-electron chi connectivity index (χ0n) is 9.86. The van der Waals surface area contributed by atoms with Gasteiger partial charge in [0, 0.05) is 17.1 Å². The molecule has 0 amide bonds. The molecule has 3 unspecified atom stereocenters. The molecule has 1 aromatic rings. The second-order valence-corrected chi connectivity index (χ2v) is 6.23. The van der Waals surface area contributed by atoms with Crippen molar-refractivity contribution in [2.45, 2.75) is 38.1 Å². The average molecular weight is 236 g/mol. The Hall–Kier alpha value is -0.410. The zero-order valence-corrected chi connectivity index (χ0v) is 10.7. The Kier molecular flexibility index (Phi) is 2.99. The summed E-state index contributed by atoms with van der Waals surface area (Å²) in [5.41, 5.74) is 1.95. The number of rotatable bonds is 4. The lowest BCUT2D eigenvalue weighted by molar-refractivity contribution is 0.462. The van der Waals surface area contributed by atoms with Crippen molar-refractivity contribution in [1.82, 2.24) is 10.3 Å². The van der Waals surface area contributed by atoms with Gasteiger partial charge in [0.25, 0.3) is 0 Å². The molecule has 1 aromatic heterocycles. The van der Waals surface area contributed by atoms with Crippen LogP contribution in [0.1, 0.15) is 30.6 Å². The second-order valence-electron chi connectivity index (χ2n) is 5.26. The van der Waals surface area contributed by atoms with Gasteiger partial charge in [-0.3, -0.25) is 4.98 Å². The van der Waals surface area contributed by atoms with E-state index in [0.717, 1.165) is 17.8 Å².